The molecule has 1 fully saturated rings. The molecular formula is C15H16FN3O. The minimum atomic E-state index is -0.446. The Hall–Kier alpha value is -2.30. The monoisotopic (exact) mass is 273 g/mol. The van der Waals surface area contributed by atoms with Gasteiger partial charge in [0.1, 0.15) is 5.82 Å². The van der Waals surface area contributed by atoms with E-state index in [-0.39, 0.29) is 17.5 Å². The fourth-order valence-electron chi connectivity index (χ4n) is 2.75. The van der Waals surface area contributed by atoms with E-state index in [1.165, 1.54) is 18.2 Å². The Morgan fingerprint density at radius 1 is 1.40 bits per heavy atom. The zero-order valence-corrected chi connectivity index (χ0v) is 11.0. The fourth-order valence-corrected chi connectivity index (χ4v) is 2.75. The molecule has 3 rings (SSSR count). The first kappa shape index (κ1) is 12.7. The van der Waals surface area contributed by atoms with Crippen molar-refractivity contribution in [2.45, 2.75) is 18.9 Å². The van der Waals surface area contributed by atoms with Gasteiger partial charge in [0, 0.05) is 24.1 Å². The smallest absolute Gasteiger partial charge is 0.256 e. The second-order valence-electron chi connectivity index (χ2n) is 5.01. The largest absolute Gasteiger partial charge is 0.398 e. The molecule has 1 aromatic carbocycles. The maximum atomic E-state index is 13.3. The number of anilines is 1. The van der Waals surface area contributed by atoms with Gasteiger partial charge in [-0.1, -0.05) is 0 Å². The van der Waals surface area contributed by atoms with Gasteiger partial charge < -0.3 is 15.6 Å². The summed E-state index contributed by atoms with van der Waals surface area (Å²) in [6.07, 6.45) is 3.68. The maximum absolute atomic E-state index is 13.3. The minimum Gasteiger partial charge on any atom is -0.398 e. The van der Waals surface area contributed by atoms with E-state index in [0.717, 1.165) is 18.5 Å². The Morgan fingerprint density at radius 3 is 3.00 bits per heavy atom. The number of carbonyl (C=O) groups excluding carboxylic acids is 1. The van der Waals surface area contributed by atoms with E-state index in [2.05, 4.69) is 4.98 Å². The van der Waals surface area contributed by atoms with Gasteiger partial charge in [0.15, 0.2) is 0 Å². The van der Waals surface area contributed by atoms with Crippen LogP contribution in [-0.4, -0.2) is 22.3 Å². The van der Waals surface area contributed by atoms with Gasteiger partial charge in [-0.2, -0.15) is 0 Å². The molecule has 0 aliphatic carbocycles. The summed E-state index contributed by atoms with van der Waals surface area (Å²) in [7, 11) is 0. The molecule has 5 heteroatoms. The number of benzene rings is 1. The highest BCUT2D eigenvalue weighted by atomic mass is 19.1. The number of halogens is 1. The highest BCUT2D eigenvalue weighted by Gasteiger charge is 2.31. The quantitative estimate of drug-likeness (QED) is 0.826. The molecule has 1 amide bonds. The first-order valence-electron chi connectivity index (χ1n) is 6.66. The molecule has 0 saturated carbocycles. The molecule has 1 atom stereocenters. The zero-order valence-electron chi connectivity index (χ0n) is 11.0. The SMILES string of the molecule is Nc1ccc(F)cc1C(=O)N1CCCC1c1ccc[nH]1. The molecule has 2 heterocycles. The number of hydrogen-bond acceptors (Lipinski definition) is 2. The number of hydrogen-bond donors (Lipinski definition) is 2. The summed E-state index contributed by atoms with van der Waals surface area (Å²) in [5.74, 6) is -0.655. The van der Waals surface area contributed by atoms with Crippen molar-refractivity contribution in [2.24, 2.45) is 0 Å². The standard InChI is InChI=1S/C15H16FN3O/c16-10-5-6-12(17)11(9-10)15(20)19-8-2-4-14(19)13-3-1-7-18-13/h1,3,5-7,9,14,18H,2,4,8,17H2. The van der Waals surface area contributed by atoms with Crippen molar-refractivity contribution in [3.8, 4) is 0 Å². The molecule has 1 aromatic heterocycles. The van der Waals surface area contributed by atoms with E-state index in [0.29, 0.717) is 12.2 Å². The Balaban J connectivity index is 1.91. The zero-order chi connectivity index (χ0) is 14.1. The van der Waals surface area contributed by atoms with Crippen molar-refractivity contribution < 1.29 is 9.18 Å². The van der Waals surface area contributed by atoms with Crippen molar-refractivity contribution >= 4 is 11.6 Å². The molecule has 20 heavy (non-hydrogen) atoms. The molecule has 0 radical (unpaired) electrons. The summed E-state index contributed by atoms with van der Waals surface area (Å²) in [4.78, 5) is 17.5. The lowest BCUT2D eigenvalue weighted by atomic mass is 10.1. The number of nitrogens with one attached hydrogen (secondary N) is 1. The van der Waals surface area contributed by atoms with Gasteiger partial charge in [0.05, 0.1) is 11.6 Å². The van der Waals surface area contributed by atoms with E-state index in [9.17, 15) is 9.18 Å². The van der Waals surface area contributed by atoms with Gasteiger partial charge in [-0.3, -0.25) is 4.79 Å². The summed E-state index contributed by atoms with van der Waals surface area (Å²) in [5, 5.41) is 0. The molecule has 1 aliphatic rings. The van der Waals surface area contributed by atoms with Gasteiger partial charge in [-0.15, -0.1) is 0 Å². The van der Waals surface area contributed by atoms with Gasteiger partial charge in [-0.05, 0) is 43.2 Å². The van der Waals surface area contributed by atoms with Crippen molar-refractivity contribution in [1.82, 2.24) is 9.88 Å². The first-order valence-corrected chi connectivity index (χ1v) is 6.66. The number of nitrogen functional groups attached to an aromatic ring is 1. The number of amides is 1. The lowest BCUT2D eigenvalue weighted by molar-refractivity contribution is 0.0734. The summed E-state index contributed by atoms with van der Waals surface area (Å²) >= 11 is 0. The van der Waals surface area contributed by atoms with Crippen LogP contribution in [0.4, 0.5) is 10.1 Å². The lowest BCUT2D eigenvalue weighted by Crippen LogP contribution is -2.31. The van der Waals surface area contributed by atoms with Gasteiger partial charge in [0.25, 0.3) is 5.91 Å². The maximum Gasteiger partial charge on any atom is 0.256 e. The Kier molecular flexibility index (Phi) is 3.18. The van der Waals surface area contributed by atoms with Crippen LogP contribution in [0.25, 0.3) is 0 Å². The number of nitrogens with two attached hydrogens (primary N) is 1. The van der Waals surface area contributed by atoms with Gasteiger partial charge >= 0.3 is 0 Å². The van der Waals surface area contributed by atoms with Crippen LogP contribution in [-0.2, 0) is 0 Å². The third kappa shape index (κ3) is 2.15. The number of H-pyrrole nitrogens is 1. The van der Waals surface area contributed by atoms with E-state index in [1.807, 2.05) is 18.3 Å². The Bertz CT molecular complexity index is 624. The predicted octanol–water partition coefficient (Wildman–Crippen LogP) is 2.71. The van der Waals surface area contributed by atoms with Gasteiger partial charge in [-0.25, -0.2) is 4.39 Å². The van der Waals surface area contributed by atoms with E-state index >= 15 is 0 Å². The second-order valence-corrected chi connectivity index (χ2v) is 5.01. The minimum absolute atomic E-state index is 0.0140. The van der Waals surface area contributed by atoms with Crippen molar-refractivity contribution in [3.05, 3.63) is 53.6 Å². The molecule has 0 spiro atoms. The topological polar surface area (TPSA) is 62.1 Å². The van der Waals surface area contributed by atoms with E-state index in [4.69, 9.17) is 5.73 Å². The van der Waals surface area contributed by atoms with Crippen LogP contribution in [0.1, 0.15) is 34.9 Å². The first-order chi connectivity index (χ1) is 9.66. The molecule has 3 N–H and O–H groups in total. The lowest BCUT2D eigenvalue weighted by Gasteiger charge is -2.24. The van der Waals surface area contributed by atoms with E-state index < -0.39 is 5.82 Å². The second kappa shape index (κ2) is 5.00. The van der Waals surface area contributed by atoms with Crippen LogP contribution >= 0.6 is 0 Å². The van der Waals surface area contributed by atoms with Crippen LogP contribution in [0, 0.1) is 5.82 Å². The molecule has 1 unspecified atom stereocenters. The average Bonchev–Trinajstić information content (AvgIpc) is 3.10. The number of aromatic nitrogens is 1. The van der Waals surface area contributed by atoms with E-state index in [1.54, 1.807) is 4.90 Å². The molecule has 0 bridgehead atoms. The number of aromatic amines is 1. The third-order valence-electron chi connectivity index (χ3n) is 3.74. The van der Waals surface area contributed by atoms with Crippen molar-refractivity contribution in [3.63, 3.8) is 0 Å². The molecular weight excluding hydrogens is 257 g/mol. The van der Waals surface area contributed by atoms with Crippen molar-refractivity contribution in [2.75, 3.05) is 12.3 Å². The van der Waals surface area contributed by atoms with Crippen LogP contribution in [0.3, 0.4) is 0 Å². The highest BCUT2D eigenvalue weighted by Crippen LogP contribution is 2.33. The van der Waals surface area contributed by atoms with Crippen LogP contribution < -0.4 is 5.73 Å². The van der Waals surface area contributed by atoms with Crippen molar-refractivity contribution in [1.29, 1.82) is 0 Å². The summed E-state index contributed by atoms with van der Waals surface area (Å²) in [6, 6.07) is 7.79. The summed E-state index contributed by atoms with van der Waals surface area (Å²) in [6.45, 7) is 0.665. The number of likely N-dealkylation sites (tertiary alicyclic amines) is 1. The highest BCUT2D eigenvalue weighted by molar-refractivity contribution is 5.99. The van der Waals surface area contributed by atoms with Crippen LogP contribution in [0.15, 0.2) is 36.5 Å². The van der Waals surface area contributed by atoms with Gasteiger partial charge in [0.2, 0.25) is 0 Å². The molecule has 1 saturated heterocycles. The number of carbonyl (C=O) groups is 1. The summed E-state index contributed by atoms with van der Waals surface area (Å²) in [5.41, 5.74) is 7.36. The van der Waals surface area contributed by atoms with Crippen LogP contribution in [0.2, 0.25) is 0 Å². The average molecular weight is 273 g/mol. The molecule has 2 aromatic rings. The molecule has 104 valence electrons. The predicted molar refractivity (Wildman–Crippen MR) is 74.6 cm³/mol. The normalized spacial score (nSPS) is 18.4. The summed E-state index contributed by atoms with van der Waals surface area (Å²) < 4.78 is 13.3. The Labute approximate surface area is 116 Å². The Morgan fingerprint density at radius 2 is 2.25 bits per heavy atom. The van der Waals surface area contributed by atoms with Crippen LogP contribution in [0.5, 0.6) is 0 Å². The molecule has 4 nitrogen and oxygen atoms in total. The molecule has 1 aliphatic heterocycles. The third-order valence-corrected chi connectivity index (χ3v) is 3.74. The number of nitrogens with zero attached hydrogens (tertiary/aromatic N) is 1. The fraction of sp³-hybridized carbons (Fsp3) is 0.267. The number of rotatable bonds is 2.